The van der Waals surface area contributed by atoms with Crippen molar-refractivity contribution in [3.63, 3.8) is 0 Å². The maximum atomic E-state index is 9.79. The van der Waals surface area contributed by atoms with E-state index < -0.39 is 0 Å². The number of allylic oxidation sites excluding steroid dienone is 6. The zero-order valence-corrected chi connectivity index (χ0v) is 13.3. The third-order valence-electron chi connectivity index (χ3n) is 4.84. The first-order valence-corrected chi connectivity index (χ1v) is 8.22. The summed E-state index contributed by atoms with van der Waals surface area (Å²) in [6.07, 6.45) is 17.3. The minimum absolute atomic E-state index is 0.0289. The van der Waals surface area contributed by atoms with Gasteiger partial charge in [0.2, 0.25) is 0 Å². The van der Waals surface area contributed by atoms with Crippen LogP contribution in [0.25, 0.3) is 0 Å². The molecule has 4 heteroatoms. The highest BCUT2D eigenvalue weighted by Gasteiger charge is 2.36. The van der Waals surface area contributed by atoms with Crippen molar-refractivity contribution in [1.29, 1.82) is 5.41 Å². The number of aliphatic hydroxyl groups excluding tert-OH is 1. The summed E-state index contributed by atoms with van der Waals surface area (Å²) in [5.41, 5.74) is 11.4. The van der Waals surface area contributed by atoms with Crippen LogP contribution in [0, 0.1) is 11.3 Å². The SMILES string of the molecule is N=C1C=CC2=C(C3=C(CO)C=CCC3)C3C=CC(N)=CC3OC2=C1. The zero-order valence-electron chi connectivity index (χ0n) is 13.3. The maximum Gasteiger partial charge on any atom is 0.129 e. The molecule has 2 unspecified atom stereocenters. The molecule has 0 aromatic heterocycles. The third kappa shape index (κ3) is 2.39. The fourth-order valence-corrected chi connectivity index (χ4v) is 3.74. The first-order chi connectivity index (χ1) is 11.7. The number of nitrogens with one attached hydrogen (secondary N) is 1. The van der Waals surface area contributed by atoms with Crippen molar-refractivity contribution in [3.8, 4) is 0 Å². The van der Waals surface area contributed by atoms with E-state index in [4.69, 9.17) is 15.9 Å². The molecule has 3 aliphatic carbocycles. The van der Waals surface area contributed by atoms with Crippen molar-refractivity contribution in [2.24, 2.45) is 11.7 Å². The molecule has 0 fully saturated rings. The minimum atomic E-state index is -0.169. The molecule has 0 bridgehead atoms. The molecule has 0 saturated carbocycles. The first kappa shape index (κ1) is 15.0. The zero-order chi connectivity index (χ0) is 16.7. The third-order valence-corrected chi connectivity index (χ3v) is 4.84. The largest absolute Gasteiger partial charge is 0.485 e. The van der Waals surface area contributed by atoms with Gasteiger partial charge in [-0.2, -0.15) is 0 Å². The lowest BCUT2D eigenvalue weighted by atomic mass is 9.75. The first-order valence-electron chi connectivity index (χ1n) is 8.22. The number of aliphatic hydroxyl groups is 1. The molecule has 4 aliphatic rings. The van der Waals surface area contributed by atoms with Crippen molar-refractivity contribution >= 4 is 5.71 Å². The van der Waals surface area contributed by atoms with E-state index in [1.807, 2.05) is 24.3 Å². The Balaban J connectivity index is 1.93. The van der Waals surface area contributed by atoms with Gasteiger partial charge in [0.1, 0.15) is 11.9 Å². The van der Waals surface area contributed by atoms with E-state index in [1.54, 1.807) is 12.2 Å². The highest BCUT2D eigenvalue weighted by atomic mass is 16.5. The number of hydrogen-bond donors (Lipinski definition) is 3. The smallest absolute Gasteiger partial charge is 0.129 e. The Morgan fingerprint density at radius 2 is 2.12 bits per heavy atom. The summed E-state index contributed by atoms with van der Waals surface area (Å²) in [5, 5.41) is 17.7. The van der Waals surface area contributed by atoms with E-state index in [2.05, 4.69) is 12.2 Å². The van der Waals surface area contributed by atoms with Crippen molar-refractivity contribution in [2.75, 3.05) is 6.61 Å². The van der Waals surface area contributed by atoms with Crippen molar-refractivity contribution in [1.82, 2.24) is 0 Å². The highest BCUT2D eigenvalue weighted by Crippen LogP contribution is 2.44. The Hall–Kier alpha value is -2.59. The summed E-state index contributed by atoms with van der Waals surface area (Å²) < 4.78 is 6.13. The Kier molecular flexibility index (Phi) is 3.62. The Morgan fingerprint density at radius 3 is 2.96 bits per heavy atom. The van der Waals surface area contributed by atoms with Crippen molar-refractivity contribution in [3.05, 3.63) is 82.4 Å². The Labute approximate surface area is 141 Å². The predicted octanol–water partition coefficient (Wildman–Crippen LogP) is 2.82. The van der Waals surface area contributed by atoms with E-state index in [9.17, 15) is 5.11 Å². The molecule has 0 amide bonds. The molecular formula is C20H20N2O2. The van der Waals surface area contributed by atoms with Gasteiger partial charge < -0.3 is 21.0 Å². The molecular weight excluding hydrogens is 300 g/mol. The van der Waals surface area contributed by atoms with E-state index in [1.165, 1.54) is 11.1 Å². The molecule has 24 heavy (non-hydrogen) atoms. The molecule has 1 heterocycles. The van der Waals surface area contributed by atoms with Crippen LogP contribution < -0.4 is 5.73 Å². The normalized spacial score (nSPS) is 28.3. The lowest BCUT2D eigenvalue weighted by Gasteiger charge is -2.38. The lowest BCUT2D eigenvalue weighted by molar-refractivity contribution is 0.124. The summed E-state index contributed by atoms with van der Waals surface area (Å²) in [7, 11) is 0. The van der Waals surface area contributed by atoms with Gasteiger partial charge in [-0.05, 0) is 53.9 Å². The van der Waals surface area contributed by atoms with Gasteiger partial charge in [-0.1, -0.05) is 18.2 Å². The topological polar surface area (TPSA) is 79.3 Å². The van der Waals surface area contributed by atoms with Gasteiger partial charge in [-0.3, -0.25) is 0 Å². The quantitative estimate of drug-likeness (QED) is 0.732. The number of ether oxygens (including phenoxy) is 1. The molecule has 0 spiro atoms. The standard InChI is InChI=1S/C20H20N2O2/c21-13-5-7-16-18(9-13)24-19-10-14(22)6-8-17(19)20(16)15-4-2-1-3-12(15)11-23/h1,3,5-10,16,18,22-23H,2,4,11,21H2. The average Bonchev–Trinajstić information content (AvgIpc) is 2.59. The molecule has 4 nitrogen and oxygen atoms in total. The van der Waals surface area contributed by atoms with Crippen LogP contribution in [0.2, 0.25) is 0 Å². The highest BCUT2D eigenvalue weighted by molar-refractivity contribution is 6.04. The second kappa shape index (κ2) is 5.80. The van der Waals surface area contributed by atoms with Gasteiger partial charge in [-0.25, -0.2) is 0 Å². The monoisotopic (exact) mass is 320 g/mol. The van der Waals surface area contributed by atoms with E-state index in [0.29, 0.717) is 11.4 Å². The number of nitrogens with two attached hydrogens (primary N) is 1. The van der Waals surface area contributed by atoms with Gasteiger partial charge in [0, 0.05) is 23.3 Å². The van der Waals surface area contributed by atoms with Crippen LogP contribution in [-0.2, 0) is 4.74 Å². The van der Waals surface area contributed by atoms with Crippen LogP contribution in [-0.4, -0.2) is 23.5 Å². The Morgan fingerprint density at radius 1 is 1.25 bits per heavy atom. The fourth-order valence-electron chi connectivity index (χ4n) is 3.74. The van der Waals surface area contributed by atoms with Crippen molar-refractivity contribution < 1.29 is 9.84 Å². The van der Waals surface area contributed by atoms with Gasteiger partial charge >= 0.3 is 0 Å². The minimum Gasteiger partial charge on any atom is -0.485 e. The van der Waals surface area contributed by atoms with Gasteiger partial charge in [-0.15, -0.1) is 0 Å². The molecule has 0 saturated heterocycles. The molecule has 4 N–H and O–H groups in total. The lowest BCUT2D eigenvalue weighted by Crippen LogP contribution is -2.33. The molecule has 0 aromatic carbocycles. The maximum absolute atomic E-state index is 9.79. The molecule has 2 atom stereocenters. The van der Waals surface area contributed by atoms with Crippen LogP contribution in [0.4, 0.5) is 0 Å². The van der Waals surface area contributed by atoms with E-state index in [-0.39, 0.29) is 18.6 Å². The summed E-state index contributed by atoms with van der Waals surface area (Å²) in [5.74, 6) is 0.793. The van der Waals surface area contributed by atoms with Crippen LogP contribution in [0.1, 0.15) is 12.8 Å². The summed E-state index contributed by atoms with van der Waals surface area (Å²) in [4.78, 5) is 0. The number of rotatable bonds is 2. The summed E-state index contributed by atoms with van der Waals surface area (Å²) in [6.45, 7) is 0.0289. The van der Waals surface area contributed by atoms with Crippen LogP contribution in [0.15, 0.2) is 82.4 Å². The fraction of sp³-hybridized carbons (Fsp3) is 0.250. The van der Waals surface area contributed by atoms with E-state index >= 15 is 0 Å². The summed E-state index contributed by atoms with van der Waals surface area (Å²) >= 11 is 0. The van der Waals surface area contributed by atoms with Crippen molar-refractivity contribution in [2.45, 2.75) is 18.9 Å². The van der Waals surface area contributed by atoms with Crippen LogP contribution in [0.3, 0.4) is 0 Å². The van der Waals surface area contributed by atoms with Gasteiger partial charge in [0.25, 0.3) is 0 Å². The van der Waals surface area contributed by atoms with Gasteiger partial charge in [0.15, 0.2) is 0 Å². The molecule has 1 aliphatic heterocycles. The van der Waals surface area contributed by atoms with Crippen LogP contribution >= 0.6 is 0 Å². The average molecular weight is 320 g/mol. The second-order valence-electron chi connectivity index (χ2n) is 6.36. The predicted molar refractivity (Wildman–Crippen MR) is 94.2 cm³/mol. The molecule has 122 valence electrons. The molecule has 0 radical (unpaired) electrons. The summed E-state index contributed by atoms with van der Waals surface area (Å²) in [6, 6.07) is 0. The molecule has 0 aromatic rings. The van der Waals surface area contributed by atoms with E-state index in [0.717, 1.165) is 29.7 Å². The van der Waals surface area contributed by atoms with Crippen LogP contribution in [0.5, 0.6) is 0 Å². The van der Waals surface area contributed by atoms with Gasteiger partial charge in [0.05, 0.1) is 12.3 Å². The molecule has 4 rings (SSSR count). The number of hydrogen-bond acceptors (Lipinski definition) is 4. The number of fused-ring (bicyclic) bond motifs is 2. The Bertz CT molecular complexity index is 819. The second-order valence-corrected chi connectivity index (χ2v) is 6.36.